The van der Waals surface area contributed by atoms with Gasteiger partial charge in [0.15, 0.2) is 6.29 Å². The van der Waals surface area contributed by atoms with E-state index in [4.69, 9.17) is 14.6 Å². The van der Waals surface area contributed by atoms with Crippen LogP contribution >= 0.6 is 0 Å². The van der Waals surface area contributed by atoms with E-state index in [-0.39, 0.29) is 31.1 Å². The number of nitrogens with one attached hydrogen (secondary N) is 1. The van der Waals surface area contributed by atoms with Crippen molar-refractivity contribution in [2.75, 3.05) is 18.4 Å². The molecule has 2 bridgehead atoms. The summed E-state index contributed by atoms with van der Waals surface area (Å²) in [6, 6.07) is 16.2. The molecule has 3 N–H and O–H groups in total. The summed E-state index contributed by atoms with van der Waals surface area (Å²) < 4.78 is 13.2. The monoisotopic (exact) mass is 592 g/mol. The van der Waals surface area contributed by atoms with E-state index in [1.807, 2.05) is 48.5 Å². The predicted molar refractivity (Wildman–Crippen MR) is 165 cm³/mol. The number of aliphatic carboxylic acids is 1. The molecule has 1 aliphatic carbocycles. The van der Waals surface area contributed by atoms with Gasteiger partial charge in [-0.25, -0.2) is 0 Å². The SMILES string of the molecule is CC1(C)CC2CC(C)(CN2C[C@@H]2C[C@H](c3ccc(CO)cc3)O[C@H](c3cccc(NC(=O)CCCCCC(=O)O)c3)O2)C1. The summed E-state index contributed by atoms with van der Waals surface area (Å²) in [7, 11) is 0. The van der Waals surface area contributed by atoms with Gasteiger partial charge in [-0.1, -0.05) is 63.6 Å². The minimum atomic E-state index is -0.804. The zero-order valence-electron chi connectivity index (χ0n) is 25.9. The lowest BCUT2D eigenvalue weighted by molar-refractivity contribution is -0.253. The first-order valence-corrected chi connectivity index (χ1v) is 15.9. The topological polar surface area (TPSA) is 108 Å². The predicted octanol–water partition coefficient (Wildman–Crippen LogP) is 6.60. The molecule has 2 unspecified atom stereocenters. The molecule has 2 heterocycles. The smallest absolute Gasteiger partial charge is 0.303 e. The summed E-state index contributed by atoms with van der Waals surface area (Å²) in [5.74, 6) is -0.893. The van der Waals surface area contributed by atoms with Gasteiger partial charge in [0.2, 0.25) is 5.91 Å². The van der Waals surface area contributed by atoms with Crippen LogP contribution in [0.15, 0.2) is 48.5 Å². The summed E-state index contributed by atoms with van der Waals surface area (Å²) >= 11 is 0. The number of aliphatic hydroxyl groups excluding tert-OH is 1. The lowest BCUT2D eigenvalue weighted by atomic mass is 9.65. The van der Waals surface area contributed by atoms with Crippen LogP contribution in [-0.4, -0.2) is 52.2 Å². The lowest BCUT2D eigenvalue weighted by Crippen LogP contribution is -2.42. The Morgan fingerprint density at radius 1 is 0.977 bits per heavy atom. The first-order chi connectivity index (χ1) is 20.5. The van der Waals surface area contributed by atoms with Crippen molar-refractivity contribution in [2.24, 2.45) is 10.8 Å². The average Bonchev–Trinajstić information content (AvgIpc) is 3.19. The first-order valence-electron chi connectivity index (χ1n) is 15.9. The van der Waals surface area contributed by atoms with E-state index in [9.17, 15) is 14.7 Å². The van der Waals surface area contributed by atoms with Crippen molar-refractivity contribution < 1.29 is 29.3 Å². The highest BCUT2D eigenvalue weighted by Crippen LogP contribution is 2.53. The first kappa shape index (κ1) is 31.6. The molecule has 0 spiro atoms. The third-order valence-corrected chi connectivity index (χ3v) is 9.31. The summed E-state index contributed by atoms with van der Waals surface area (Å²) in [4.78, 5) is 25.9. The third kappa shape index (κ3) is 8.44. The van der Waals surface area contributed by atoms with Gasteiger partial charge in [0, 0.05) is 49.6 Å². The Kier molecular flexibility index (Phi) is 9.91. The number of amides is 1. The molecular formula is C35H48N2O6. The zero-order chi connectivity index (χ0) is 30.6. The van der Waals surface area contributed by atoms with Crippen LogP contribution in [0.3, 0.4) is 0 Å². The summed E-state index contributed by atoms with van der Waals surface area (Å²) in [5.41, 5.74) is 4.18. The van der Waals surface area contributed by atoms with Crippen molar-refractivity contribution in [3.63, 3.8) is 0 Å². The number of carbonyl (C=O) groups excluding carboxylic acids is 1. The summed E-state index contributed by atoms with van der Waals surface area (Å²) in [6.07, 6.45) is 6.12. The number of unbranched alkanes of at least 4 members (excludes halogenated alkanes) is 2. The zero-order valence-corrected chi connectivity index (χ0v) is 25.9. The van der Waals surface area contributed by atoms with Crippen LogP contribution in [0.2, 0.25) is 0 Å². The number of likely N-dealkylation sites (tertiary alicyclic amines) is 1. The summed E-state index contributed by atoms with van der Waals surface area (Å²) in [5, 5.41) is 21.3. The van der Waals surface area contributed by atoms with Crippen LogP contribution in [0.4, 0.5) is 5.69 Å². The van der Waals surface area contributed by atoms with Crippen LogP contribution in [0.1, 0.15) is 108 Å². The van der Waals surface area contributed by atoms with Gasteiger partial charge in [0.25, 0.3) is 0 Å². The maximum Gasteiger partial charge on any atom is 0.303 e. The van der Waals surface area contributed by atoms with Gasteiger partial charge in [-0.05, 0) is 66.2 Å². The molecular weight excluding hydrogens is 544 g/mol. The van der Waals surface area contributed by atoms with Gasteiger partial charge >= 0.3 is 5.97 Å². The fraction of sp³-hybridized carbons (Fsp3) is 0.600. The molecule has 1 amide bonds. The largest absolute Gasteiger partial charge is 0.481 e. The van der Waals surface area contributed by atoms with E-state index in [2.05, 4.69) is 31.0 Å². The second-order valence-corrected chi connectivity index (χ2v) is 14.1. The number of aliphatic hydroxyl groups is 1. The Hall–Kier alpha value is -2.78. The van der Waals surface area contributed by atoms with Crippen molar-refractivity contribution in [1.82, 2.24) is 4.90 Å². The molecule has 0 radical (unpaired) electrons. The van der Waals surface area contributed by atoms with Crippen LogP contribution in [0.25, 0.3) is 0 Å². The highest BCUT2D eigenvalue weighted by atomic mass is 16.7. The highest BCUT2D eigenvalue weighted by Gasteiger charge is 2.50. The number of hydrogen-bond acceptors (Lipinski definition) is 6. The van der Waals surface area contributed by atoms with Gasteiger partial charge in [0.05, 0.1) is 18.8 Å². The van der Waals surface area contributed by atoms with E-state index in [1.165, 1.54) is 19.3 Å². The standard InChI is InChI=1S/C35H48N2O6/c1-34(2)18-28-19-35(3,22-34)23-37(28)20-29-17-30(25-14-12-24(21-38)13-15-25)43-33(42-29)26-8-7-9-27(16-26)36-31(39)10-5-4-6-11-32(40)41/h7-9,12-16,28-30,33,38H,4-6,10-11,17-23H2,1-3H3,(H,36,39)(H,40,41)/t28?,29-,30+,33+,35?/m0/s1. The fourth-order valence-corrected chi connectivity index (χ4v) is 7.81. The van der Waals surface area contributed by atoms with E-state index in [1.54, 1.807) is 0 Å². The number of carboxylic acids is 1. The Morgan fingerprint density at radius 3 is 2.49 bits per heavy atom. The van der Waals surface area contributed by atoms with Crippen LogP contribution in [0.5, 0.6) is 0 Å². The number of carbonyl (C=O) groups is 2. The Balaban J connectivity index is 1.28. The number of carboxylic acid groups (broad SMARTS) is 1. The minimum Gasteiger partial charge on any atom is -0.481 e. The third-order valence-electron chi connectivity index (χ3n) is 9.31. The number of rotatable bonds is 12. The second kappa shape index (κ2) is 13.5. The molecule has 8 nitrogen and oxygen atoms in total. The van der Waals surface area contributed by atoms with Crippen LogP contribution < -0.4 is 5.32 Å². The average molecular weight is 593 g/mol. The van der Waals surface area contributed by atoms with Crippen molar-refractivity contribution >= 4 is 17.6 Å². The Morgan fingerprint density at radius 2 is 1.74 bits per heavy atom. The molecule has 3 fully saturated rings. The van der Waals surface area contributed by atoms with Gasteiger partial charge in [-0.3, -0.25) is 14.5 Å². The highest BCUT2D eigenvalue weighted by molar-refractivity contribution is 5.90. The lowest BCUT2D eigenvalue weighted by Gasteiger charge is -2.41. The van der Waals surface area contributed by atoms with E-state index in [0.717, 1.165) is 36.2 Å². The fourth-order valence-electron chi connectivity index (χ4n) is 7.81. The molecule has 8 heteroatoms. The van der Waals surface area contributed by atoms with Crippen LogP contribution in [-0.2, 0) is 25.7 Å². The van der Waals surface area contributed by atoms with E-state index < -0.39 is 12.3 Å². The number of ether oxygens (including phenoxy) is 2. The number of hydrogen-bond donors (Lipinski definition) is 3. The molecule has 2 aliphatic heterocycles. The minimum absolute atomic E-state index is 0.00643. The number of anilines is 1. The molecule has 1 saturated carbocycles. The van der Waals surface area contributed by atoms with Gasteiger partial charge in [-0.15, -0.1) is 0 Å². The van der Waals surface area contributed by atoms with Crippen LogP contribution in [0, 0.1) is 10.8 Å². The molecule has 43 heavy (non-hydrogen) atoms. The Labute approximate surface area is 255 Å². The van der Waals surface area contributed by atoms with Gasteiger partial charge in [-0.2, -0.15) is 0 Å². The molecule has 5 rings (SSSR count). The second-order valence-electron chi connectivity index (χ2n) is 14.1. The number of benzene rings is 2. The Bertz CT molecular complexity index is 1260. The van der Waals surface area contributed by atoms with Gasteiger partial charge in [0.1, 0.15) is 0 Å². The number of fused-ring (bicyclic) bond motifs is 2. The van der Waals surface area contributed by atoms with E-state index in [0.29, 0.717) is 48.2 Å². The molecule has 0 aromatic heterocycles. The molecule has 2 aromatic carbocycles. The van der Waals surface area contributed by atoms with Crippen molar-refractivity contribution in [3.8, 4) is 0 Å². The maximum absolute atomic E-state index is 12.6. The normalized spacial score (nSPS) is 28.5. The molecule has 2 saturated heterocycles. The maximum atomic E-state index is 12.6. The van der Waals surface area contributed by atoms with Crippen molar-refractivity contribution in [2.45, 2.75) is 110 Å². The van der Waals surface area contributed by atoms with Gasteiger partial charge < -0.3 is 25.0 Å². The molecule has 5 atom stereocenters. The molecule has 234 valence electrons. The summed E-state index contributed by atoms with van der Waals surface area (Å²) in [6.45, 7) is 9.21. The van der Waals surface area contributed by atoms with Crippen molar-refractivity contribution in [1.29, 1.82) is 0 Å². The number of nitrogens with zero attached hydrogens (tertiary/aromatic N) is 1. The molecule has 2 aromatic rings. The quantitative estimate of drug-likeness (QED) is 0.238. The van der Waals surface area contributed by atoms with E-state index >= 15 is 0 Å². The molecule has 3 aliphatic rings. The van der Waals surface area contributed by atoms with Crippen molar-refractivity contribution in [3.05, 3.63) is 65.2 Å².